The fraction of sp³-hybridized carbons (Fsp3) is 0.105. The number of para-hydroxylation sites is 1. The van der Waals surface area contributed by atoms with E-state index in [9.17, 15) is 4.79 Å². The summed E-state index contributed by atoms with van der Waals surface area (Å²) in [5.41, 5.74) is 4.12. The molecule has 24 heavy (non-hydrogen) atoms. The zero-order chi connectivity index (χ0) is 16.8. The molecular weight excluding hydrogens is 302 g/mol. The number of hydrogen-bond donors (Lipinski definition) is 1. The van der Waals surface area contributed by atoms with Crippen molar-refractivity contribution in [2.24, 2.45) is 5.10 Å². The van der Waals surface area contributed by atoms with Gasteiger partial charge in [-0.1, -0.05) is 48.5 Å². The Balaban J connectivity index is 1.64. The Bertz CT molecular complexity index is 857. The monoisotopic (exact) mass is 319 g/mol. The number of aromatic nitrogens is 1. The number of benzene rings is 2. The Labute approximate surface area is 140 Å². The van der Waals surface area contributed by atoms with Crippen LogP contribution in [0.4, 0.5) is 0 Å². The highest BCUT2D eigenvalue weighted by Crippen LogP contribution is 2.23. The summed E-state index contributed by atoms with van der Waals surface area (Å²) in [4.78, 5) is 16.4. The van der Waals surface area contributed by atoms with Crippen LogP contribution in [0.5, 0.6) is 5.75 Å². The highest BCUT2D eigenvalue weighted by Gasteiger charge is 2.15. The first-order valence-electron chi connectivity index (χ1n) is 7.62. The summed E-state index contributed by atoms with van der Waals surface area (Å²) in [6.07, 6.45) is 2.60. The smallest absolute Gasteiger partial charge is 0.280 e. The third kappa shape index (κ3) is 3.76. The van der Waals surface area contributed by atoms with Gasteiger partial charge in [-0.3, -0.25) is 9.78 Å². The van der Waals surface area contributed by atoms with E-state index >= 15 is 0 Å². The number of nitrogens with zero attached hydrogens (tertiary/aromatic N) is 2. The number of hydrazone groups is 1. The van der Waals surface area contributed by atoms with Crippen LogP contribution < -0.4 is 10.2 Å². The van der Waals surface area contributed by atoms with E-state index in [2.05, 4.69) is 15.5 Å². The van der Waals surface area contributed by atoms with Crippen molar-refractivity contribution < 1.29 is 9.53 Å². The SMILES string of the molecule is C[C@H](Oc1cccc2cccnc12)C(=O)NN=Cc1ccccc1. The number of carbonyl (C=O) groups is 1. The Kier molecular flexibility index (Phi) is 4.81. The molecular formula is C19H17N3O2. The summed E-state index contributed by atoms with van der Waals surface area (Å²) in [5.74, 6) is 0.248. The molecule has 120 valence electrons. The highest BCUT2D eigenvalue weighted by molar-refractivity contribution is 5.86. The molecule has 1 atom stereocenters. The van der Waals surface area contributed by atoms with E-state index in [1.165, 1.54) is 0 Å². The van der Waals surface area contributed by atoms with Crippen molar-refractivity contribution in [1.82, 2.24) is 10.4 Å². The number of hydrogen-bond acceptors (Lipinski definition) is 4. The Morgan fingerprint density at radius 3 is 2.75 bits per heavy atom. The molecule has 3 aromatic rings. The quantitative estimate of drug-likeness (QED) is 0.580. The van der Waals surface area contributed by atoms with Crippen LogP contribution in [0.25, 0.3) is 10.9 Å². The average molecular weight is 319 g/mol. The summed E-state index contributed by atoms with van der Waals surface area (Å²) < 4.78 is 5.74. The fourth-order valence-corrected chi connectivity index (χ4v) is 2.22. The number of amides is 1. The van der Waals surface area contributed by atoms with Crippen molar-refractivity contribution in [3.05, 3.63) is 72.4 Å². The van der Waals surface area contributed by atoms with Gasteiger partial charge >= 0.3 is 0 Å². The molecule has 0 saturated carbocycles. The average Bonchev–Trinajstić information content (AvgIpc) is 2.63. The van der Waals surface area contributed by atoms with E-state index in [0.717, 1.165) is 16.5 Å². The van der Waals surface area contributed by atoms with Gasteiger partial charge in [-0.25, -0.2) is 5.43 Å². The molecule has 5 heteroatoms. The van der Waals surface area contributed by atoms with Crippen LogP contribution >= 0.6 is 0 Å². The predicted octanol–water partition coefficient (Wildman–Crippen LogP) is 3.15. The van der Waals surface area contributed by atoms with Gasteiger partial charge in [-0.2, -0.15) is 5.10 Å². The molecule has 1 amide bonds. The number of rotatable bonds is 5. The summed E-state index contributed by atoms with van der Waals surface area (Å²) >= 11 is 0. The third-order valence-corrected chi connectivity index (χ3v) is 3.46. The first kappa shape index (κ1) is 15.7. The molecule has 5 nitrogen and oxygen atoms in total. The summed E-state index contributed by atoms with van der Waals surface area (Å²) in [6.45, 7) is 1.68. The van der Waals surface area contributed by atoms with Crippen LogP contribution in [0, 0.1) is 0 Å². The Hall–Kier alpha value is -3.21. The molecule has 0 saturated heterocycles. The van der Waals surface area contributed by atoms with Crippen molar-refractivity contribution in [3.8, 4) is 5.75 Å². The molecule has 2 aromatic carbocycles. The maximum absolute atomic E-state index is 12.1. The van der Waals surface area contributed by atoms with E-state index in [4.69, 9.17) is 4.74 Å². The second-order valence-electron chi connectivity index (χ2n) is 5.24. The van der Waals surface area contributed by atoms with Crippen molar-refractivity contribution in [3.63, 3.8) is 0 Å². The molecule has 3 rings (SSSR count). The second kappa shape index (κ2) is 7.37. The van der Waals surface area contributed by atoms with Gasteiger partial charge in [-0.05, 0) is 24.6 Å². The molecule has 1 heterocycles. The predicted molar refractivity (Wildman–Crippen MR) is 94.0 cm³/mol. The lowest BCUT2D eigenvalue weighted by Gasteiger charge is -2.14. The maximum Gasteiger partial charge on any atom is 0.280 e. The van der Waals surface area contributed by atoms with Crippen molar-refractivity contribution >= 4 is 23.0 Å². The van der Waals surface area contributed by atoms with Gasteiger partial charge in [0.25, 0.3) is 5.91 Å². The lowest BCUT2D eigenvalue weighted by atomic mass is 10.2. The van der Waals surface area contributed by atoms with Gasteiger partial charge in [0.05, 0.1) is 6.21 Å². The Morgan fingerprint density at radius 2 is 1.92 bits per heavy atom. The zero-order valence-electron chi connectivity index (χ0n) is 13.2. The van der Waals surface area contributed by atoms with Crippen molar-refractivity contribution in [2.75, 3.05) is 0 Å². The van der Waals surface area contributed by atoms with Gasteiger partial charge in [0.15, 0.2) is 6.10 Å². The topological polar surface area (TPSA) is 63.6 Å². The highest BCUT2D eigenvalue weighted by atomic mass is 16.5. The lowest BCUT2D eigenvalue weighted by Crippen LogP contribution is -2.33. The molecule has 0 spiro atoms. The maximum atomic E-state index is 12.1. The molecule has 1 N–H and O–H groups in total. The molecule has 0 fully saturated rings. The van der Waals surface area contributed by atoms with Gasteiger partial charge in [0.1, 0.15) is 11.3 Å². The van der Waals surface area contributed by atoms with Crippen LogP contribution in [0.2, 0.25) is 0 Å². The van der Waals surface area contributed by atoms with Gasteiger partial charge < -0.3 is 4.74 Å². The van der Waals surface area contributed by atoms with E-state index in [1.54, 1.807) is 25.4 Å². The van der Waals surface area contributed by atoms with E-state index in [1.807, 2.05) is 54.6 Å². The first-order valence-corrected chi connectivity index (χ1v) is 7.62. The van der Waals surface area contributed by atoms with E-state index in [0.29, 0.717) is 5.75 Å². The number of ether oxygens (including phenoxy) is 1. The van der Waals surface area contributed by atoms with Crippen LogP contribution in [-0.2, 0) is 4.79 Å². The van der Waals surface area contributed by atoms with Gasteiger partial charge in [0.2, 0.25) is 0 Å². The van der Waals surface area contributed by atoms with Crippen molar-refractivity contribution in [1.29, 1.82) is 0 Å². The largest absolute Gasteiger partial charge is 0.479 e. The lowest BCUT2D eigenvalue weighted by molar-refractivity contribution is -0.127. The Morgan fingerprint density at radius 1 is 1.12 bits per heavy atom. The molecule has 0 radical (unpaired) electrons. The first-order chi connectivity index (χ1) is 11.7. The van der Waals surface area contributed by atoms with Crippen molar-refractivity contribution in [2.45, 2.75) is 13.0 Å². The third-order valence-electron chi connectivity index (χ3n) is 3.46. The minimum Gasteiger partial charge on any atom is -0.479 e. The fourth-order valence-electron chi connectivity index (χ4n) is 2.22. The van der Waals surface area contributed by atoms with E-state index < -0.39 is 6.10 Å². The zero-order valence-corrected chi connectivity index (χ0v) is 13.2. The molecule has 0 unspecified atom stereocenters. The minimum absolute atomic E-state index is 0.324. The molecule has 0 aliphatic rings. The summed E-state index contributed by atoms with van der Waals surface area (Å²) in [7, 11) is 0. The van der Waals surface area contributed by atoms with Crippen LogP contribution in [0.3, 0.4) is 0 Å². The van der Waals surface area contributed by atoms with Crippen LogP contribution in [0.15, 0.2) is 72.0 Å². The number of pyridine rings is 1. The van der Waals surface area contributed by atoms with Crippen LogP contribution in [-0.4, -0.2) is 23.2 Å². The van der Waals surface area contributed by atoms with Gasteiger partial charge in [-0.15, -0.1) is 0 Å². The standard InChI is InChI=1S/C19H17N3O2/c1-14(19(23)22-21-13-15-7-3-2-4-8-15)24-17-11-5-9-16-10-6-12-20-18(16)17/h2-14H,1H3,(H,22,23)/t14-/m0/s1. The normalized spacial score (nSPS) is 12.2. The van der Waals surface area contributed by atoms with E-state index in [-0.39, 0.29) is 5.91 Å². The molecule has 0 aliphatic heterocycles. The molecule has 1 aromatic heterocycles. The number of carbonyl (C=O) groups excluding carboxylic acids is 1. The second-order valence-corrected chi connectivity index (χ2v) is 5.24. The molecule has 0 bridgehead atoms. The van der Waals surface area contributed by atoms with Crippen LogP contribution in [0.1, 0.15) is 12.5 Å². The summed E-state index contributed by atoms with van der Waals surface area (Å²) in [6, 6.07) is 19.0. The minimum atomic E-state index is -0.689. The number of fused-ring (bicyclic) bond motifs is 1. The molecule has 0 aliphatic carbocycles. The number of nitrogens with one attached hydrogen (secondary N) is 1. The van der Waals surface area contributed by atoms with Gasteiger partial charge in [0, 0.05) is 11.6 Å². The summed E-state index contributed by atoms with van der Waals surface area (Å²) in [5, 5.41) is 4.91.